The van der Waals surface area contributed by atoms with Gasteiger partial charge in [-0.3, -0.25) is 5.32 Å². The minimum absolute atomic E-state index is 0.0562. The van der Waals surface area contributed by atoms with Crippen molar-refractivity contribution in [2.24, 2.45) is 0 Å². The van der Waals surface area contributed by atoms with Crippen LogP contribution < -0.4 is 10.0 Å². The summed E-state index contributed by atoms with van der Waals surface area (Å²) in [6.07, 6.45) is 0.825. The number of aliphatic hydroxyl groups excluding tert-OH is 1. The Hall–Kier alpha value is -1.12. The van der Waals surface area contributed by atoms with Gasteiger partial charge in [0.2, 0.25) is 10.0 Å². The summed E-state index contributed by atoms with van der Waals surface area (Å²) in [6.45, 7) is 2.20. The smallest absolute Gasteiger partial charge is 0.208 e. The first kappa shape index (κ1) is 17.2. The Morgan fingerprint density at radius 2 is 2.09 bits per heavy atom. The van der Waals surface area contributed by atoms with Crippen LogP contribution >= 0.6 is 11.6 Å². The van der Waals surface area contributed by atoms with E-state index in [1.54, 1.807) is 6.07 Å². The van der Waals surface area contributed by atoms with Gasteiger partial charge >= 0.3 is 0 Å². The van der Waals surface area contributed by atoms with E-state index in [1.807, 2.05) is 25.1 Å². The van der Waals surface area contributed by atoms with E-state index in [2.05, 4.69) is 15.0 Å². The molecule has 2 unspecified atom stereocenters. The van der Waals surface area contributed by atoms with E-state index in [-0.39, 0.29) is 6.04 Å². The van der Waals surface area contributed by atoms with Crippen LogP contribution in [0.1, 0.15) is 25.3 Å². The Kier molecular flexibility index (Phi) is 5.46. The lowest BCUT2D eigenvalue weighted by Crippen LogP contribution is -2.34. The lowest BCUT2D eigenvalue weighted by Gasteiger charge is -2.18. The van der Waals surface area contributed by atoms with Crippen molar-refractivity contribution in [2.75, 3.05) is 12.8 Å². The molecule has 0 spiro atoms. The molecule has 0 radical (unpaired) electrons. The number of aliphatic hydroxyl groups is 1. The topological polar surface area (TPSA) is 94.2 Å². The number of halogens is 1. The molecule has 0 aliphatic carbocycles. The lowest BCUT2D eigenvalue weighted by atomic mass is 10.2. The first-order chi connectivity index (χ1) is 10.2. The van der Waals surface area contributed by atoms with Crippen molar-refractivity contribution in [3.05, 3.63) is 35.0 Å². The third kappa shape index (κ3) is 4.96. The third-order valence-electron chi connectivity index (χ3n) is 3.28. The molecule has 2 rings (SSSR count). The summed E-state index contributed by atoms with van der Waals surface area (Å²) < 4.78 is 24.4. The molecule has 6 nitrogen and oxygen atoms in total. The van der Waals surface area contributed by atoms with Crippen molar-refractivity contribution >= 4 is 32.5 Å². The summed E-state index contributed by atoms with van der Waals surface area (Å²) >= 11 is 5.94. The maximum absolute atomic E-state index is 11.0. The van der Waals surface area contributed by atoms with Gasteiger partial charge in [-0.25, -0.2) is 13.1 Å². The molecule has 0 aliphatic rings. The van der Waals surface area contributed by atoms with Gasteiger partial charge in [0.25, 0.3) is 0 Å². The Bertz CT molecular complexity index is 745. The fourth-order valence-corrected chi connectivity index (χ4v) is 2.85. The maximum atomic E-state index is 11.0. The van der Waals surface area contributed by atoms with Gasteiger partial charge in [0.05, 0.1) is 11.9 Å². The highest BCUT2D eigenvalue weighted by molar-refractivity contribution is 7.88. The molecule has 0 saturated carbocycles. The second kappa shape index (κ2) is 6.97. The number of H-pyrrole nitrogens is 1. The highest BCUT2D eigenvalue weighted by atomic mass is 35.5. The number of nitrogens with one attached hydrogen (secondary N) is 3. The fourth-order valence-electron chi connectivity index (χ4n) is 2.18. The van der Waals surface area contributed by atoms with Gasteiger partial charge in [0.1, 0.15) is 6.23 Å². The maximum Gasteiger partial charge on any atom is 0.208 e. The van der Waals surface area contributed by atoms with Gasteiger partial charge in [-0.15, -0.1) is 0 Å². The largest absolute Gasteiger partial charge is 0.373 e. The average Bonchev–Trinajstić information content (AvgIpc) is 2.80. The van der Waals surface area contributed by atoms with Crippen LogP contribution in [-0.2, 0) is 10.0 Å². The molecule has 1 heterocycles. The summed E-state index contributed by atoms with van der Waals surface area (Å²) in [5, 5.41) is 14.8. The Morgan fingerprint density at radius 3 is 2.77 bits per heavy atom. The van der Waals surface area contributed by atoms with Crippen LogP contribution in [0.3, 0.4) is 0 Å². The van der Waals surface area contributed by atoms with Gasteiger partial charge < -0.3 is 10.1 Å². The molecular weight excluding hydrogens is 326 g/mol. The fraction of sp³-hybridized carbons (Fsp3) is 0.429. The molecule has 4 N–H and O–H groups in total. The molecule has 0 saturated heterocycles. The molecule has 0 bridgehead atoms. The van der Waals surface area contributed by atoms with Gasteiger partial charge in [0.15, 0.2) is 0 Å². The van der Waals surface area contributed by atoms with Crippen LogP contribution in [-0.4, -0.2) is 37.4 Å². The van der Waals surface area contributed by atoms with Crippen LogP contribution in [0.2, 0.25) is 5.02 Å². The van der Waals surface area contributed by atoms with Gasteiger partial charge in [-0.05, 0) is 37.6 Å². The zero-order valence-electron chi connectivity index (χ0n) is 12.4. The van der Waals surface area contributed by atoms with Crippen LogP contribution in [0.15, 0.2) is 24.3 Å². The number of rotatable bonds is 7. The summed E-state index contributed by atoms with van der Waals surface area (Å²) in [6, 6.07) is 7.24. The predicted molar refractivity (Wildman–Crippen MR) is 88.3 cm³/mol. The van der Waals surface area contributed by atoms with E-state index in [0.29, 0.717) is 23.7 Å². The summed E-state index contributed by atoms with van der Waals surface area (Å²) in [4.78, 5) is 3.13. The summed E-state index contributed by atoms with van der Waals surface area (Å²) in [7, 11) is -3.18. The van der Waals surface area contributed by atoms with E-state index < -0.39 is 16.3 Å². The molecule has 2 atom stereocenters. The highest BCUT2D eigenvalue weighted by Crippen LogP contribution is 2.22. The number of hydrogen-bond acceptors (Lipinski definition) is 4. The first-order valence-electron chi connectivity index (χ1n) is 6.91. The molecular formula is C14H20ClN3O3S. The van der Waals surface area contributed by atoms with Crippen LogP contribution in [0.25, 0.3) is 10.9 Å². The van der Waals surface area contributed by atoms with Crippen molar-refractivity contribution < 1.29 is 13.5 Å². The Balaban J connectivity index is 1.93. The van der Waals surface area contributed by atoms with Gasteiger partial charge in [-0.2, -0.15) is 0 Å². The second-order valence-corrected chi connectivity index (χ2v) is 7.65. The van der Waals surface area contributed by atoms with Crippen LogP contribution in [0, 0.1) is 0 Å². The zero-order valence-corrected chi connectivity index (χ0v) is 14.0. The lowest BCUT2D eigenvalue weighted by molar-refractivity contribution is 0.121. The molecule has 8 heteroatoms. The molecule has 2 aromatic rings. The number of aromatic nitrogens is 1. The van der Waals surface area contributed by atoms with E-state index in [4.69, 9.17) is 11.6 Å². The Morgan fingerprint density at radius 1 is 1.36 bits per heavy atom. The van der Waals surface area contributed by atoms with Crippen molar-refractivity contribution in [1.82, 2.24) is 15.0 Å². The van der Waals surface area contributed by atoms with E-state index >= 15 is 0 Å². The van der Waals surface area contributed by atoms with Crippen molar-refractivity contribution in [3.8, 4) is 0 Å². The minimum Gasteiger partial charge on any atom is -0.373 e. The molecule has 1 aromatic carbocycles. The van der Waals surface area contributed by atoms with Crippen LogP contribution in [0.4, 0.5) is 0 Å². The molecule has 1 aromatic heterocycles. The summed E-state index contributed by atoms with van der Waals surface area (Å²) in [5.41, 5.74) is 1.53. The van der Waals surface area contributed by atoms with Gasteiger partial charge in [0, 0.05) is 28.5 Å². The number of benzene rings is 1. The first-order valence-corrected chi connectivity index (χ1v) is 9.18. The molecule has 0 amide bonds. The number of fused-ring (bicyclic) bond motifs is 1. The van der Waals surface area contributed by atoms with Crippen molar-refractivity contribution in [1.29, 1.82) is 0 Å². The quantitative estimate of drug-likeness (QED) is 0.575. The second-order valence-electron chi connectivity index (χ2n) is 5.38. The monoisotopic (exact) mass is 345 g/mol. The molecule has 22 heavy (non-hydrogen) atoms. The van der Waals surface area contributed by atoms with Crippen LogP contribution in [0.5, 0.6) is 0 Å². The molecule has 0 aliphatic heterocycles. The van der Waals surface area contributed by atoms with Crippen molar-refractivity contribution in [2.45, 2.75) is 25.6 Å². The number of aromatic amines is 1. The zero-order chi connectivity index (χ0) is 16.3. The molecule has 122 valence electrons. The van der Waals surface area contributed by atoms with Crippen molar-refractivity contribution in [3.63, 3.8) is 0 Å². The van der Waals surface area contributed by atoms with E-state index in [0.717, 1.165) is 17.2 Å². The highest BCUT2D eigenvalue weighted by Gasteiger charge is 2.14. The van der Waals surface area contributed by atoms with Gasteiger partial charge in [-0.1, -0.05) is 11.6 Å². The van der Waals surface area contributed by atoms with E-state index in [1.165, 1.54) is 0 Å². The molecule has 0 fully saturated rings. The predicted octanol–water partition coefficient (Wildman–Crippen LogP) is 1.73. The number of hydrogen-bond donors (Lipinski definition) is 4. The Labute approximate surface area is 134 Å². The standard InChI is InChI=1S/C14H20ClN3O3S/c1-9(5-6-16-22(2,20)21)17-14(19)13-8-10-7-11(15)3-4-12(10)18-13/h3-4,7-9,14,16-19H,5-6H2,1-2H3. The summed E-state index contributed by atoms with van der Waals surface area (Å²) in [5.74, 6) is 0. The third-order valence-corrected chi connectivity index (χ3v) is 4.25. The number of sulfonamides is 1. The average molecular weight is 346 g/mol. The minimum atomic E-state index is -3.18. The van der Waals surface area contributed by atoms with E-state index in [9.17, 15) is 13.5 Å². The normalized spacial score (nSPS) is 15.1. The SMILES string of the molecule is CC(CCNS(C)(=O)=O)NC(O)c1cc2cc(Cl)ccc2[nH]1.